The van der Waals surface area contributed by atoms with Gasteiger partial charge in [-0.1, -0.05) is 6.92 Å². The predicted molar refractivity (Wildman–Crippen MR) is 75.3 cm³/mol. The van der Waals surface area contributed by atoms with Gasteiger partial charge in [-0.05, 0) is 38.1 Å². The van der Waals surface area contributed by atoms with Crippen molar-refractivity contribution in [1.82, 2.24) is 10.2 Å². The maximum absolute atomic E-state index is 13.0. The van der Waals surface area contributed by atoms with Gasteiger partial charge >= 0.3 is 0 Å². The SMILES string of the molecule is CCC1(O)CCN(C(=O)[C@]23CNC[C@H]2CCOC3)CC1. The fourth-order valence-corrected chi connectivity index (χ4v) is 3.94. The predicted octanol–water partition coefficient (Wildman–Crippen LogP) is 0.376. The van der Waals surface area contributed by atoms with Crippen molar-refractivity contribution in [2.75, 3.05) is 39.4 Å². The van der Waals surface area contributed by atoms with Crippen molar-refractivity contribution >= 4 is 5.91 Å². The minimum atomic E-state index is -0.565. The van der Waals surface area contributed by atoms with Gasteiger partial charge in [0, 0.05) is 26.2 Å². The van der Waals surface area contributed by atoms with E-state index in [2.05, 4.69) is 5.32 Å². The Labute approximate surface area is 120 Å². The molecule has 20 heavy (non-hydrogen) atoms. The van der Waals surface area contributed by atoms with Crippen molar-refractivity contribution in [3.05, 3.63) is 0 Å². The summed E-state index contributed by atoms with van der Waals surface area (Å²) in [4.78, 5) is 14.9. The number of rotatable bonds is 2. The fourth-order valence-electron chi connectivity index (χ4n) is 3.94. The molecule has 5 nitrogen and oxygen atoms in total. The van der Waals surface area contributed by atoms with Gasteiger partial charge in [-0.25, -0.2) is 0 Å². The van der Waals surface area contributed by atoms with E-state index in [0.717, 1.165) is 32.5 Å². The molecule has 0 unspecified atom stereocenters. The smallest absolute Gasteiger partial charge is 0.232 e. The summed E-state index contributed by atoms with van der Waals surface area (Å²) >= 11 is 0. The number of fused-ring (bicyclic) bond motifs is 1. The number of ether oxygens (including phenoxy) is 1. The van der Waals surface area contributed by atoms with E-state index in [1.807, 2.05) is 11.8 Å². The molecule has 1 amide bonds. The first kappa shape index (κ1) is 14.3. The summed E-state index contributed by atoms with van der Waals surface area (Å²) in [6.45, 7) is 6.37. The van der Waals surface area contributed by atoms with E-state index in [1.54, 1.807) is 0 Å². The minimum Gasteiger partial charge on any atom is -0.390 e. The fraction of sp³-hybridized carbons (Fsp3) is 0.933. The van der Waals surface area contributed by atoms with Gasteiger partial charge < -0.3 is 20.1 Å². The highest BCUT2D eigenvalue weighted by Gasteiger charge is 2.53. The molecule has 0 bridgehead atoms. The molecule has 0 aromatic carbocycles. The van der Waals surface area contributed by atoms with Gasteiger partial charge in [-0.2, -0.15) is 0 Å². The van der Waals surface area contributed by atoms with Crippen LogP contribution in [0.5, 0.6) is 0 Å². The second-order valence-electron chi connectivity index (χ2n) is 6.70. The van der Waals surface area contributed by atoms with Crippen molar-refractivity contribution in [3.8, 4) is 0 Å². The van der Waals surface area contributed by atoms with Crippen molar-refractivity contribution in [3.63, 3.8) is 0 Å². The molecule has 5 heteroatoms. The van der Waals surface area contributed by atoms with Crippen LogP contribution in [0.4, 0.5) is 0 Å². The summed E-state index contributed by atoms with van der Waals surface area (Å²) in [7, 11) is 0. The van der Waals surface area contributed by atoms with Crippen LogP contribution in [0, 0.1) is 11.3 Å². The number of amides is 1. The third-order valence-electron chi connectivity index (χ3n) is 5.65. The lowest BCUT2D eigenvalue weighted by Gasteiger charge is -2.44. The second kappa shape index (κ2) is 5.28. The number of hydrogen-bond acceptors (Lipinski definition) is 4. The molecule has 0 aromatic heterocycles. The Hall–Kier alpha value is -0.650. The third-order valence-corrected chi connectivity index (χ3v) is 5.65. The van der Waals surface area contributed by atoms with Gasteiger partial charge in [0.2, 0.25) is 5.91 Å². The molecular formula is C15H26N2O3. The van der Waals surface area contributed by atoms with Crippen molar-refractivity contribution < 1.29 is 14.6 Å². The first-order valence-corrected chi connectivity index (χ1v) is 7.90. The molecule has 0 radical (unpaired) electrons. The molecule has 0 aliphatic carbocycles. The maximum Gasteiger partial charge on any atom is 0.232 e. The molecule has 3 aliphatic rings. The van der Waals surface area contributed by atoms with E-state index in [4.69, 9.17) is 4.74 Å². The quantitative estimate of drug-likeness (QED) is 0.768. The van der Waals surface area contributed by atoms with Gasteiger partial charge in [0.25, 0.3) is 0 Å². The molecule has 0 spiro atoms. The highest BCUT2D eigenvalue weighted by Crippen LogP contribution is 2.40. The molecule has 3 saturated heterocycles. The molecule has 0 aromatic rings. The normalized spacial score (nSPS) is 36.7. The standard InChI is InChI=1S/C15H26N2O3/c1-2-14(19)4-6-17(7-5-14)13(18)15-10-16-9-12(15)3-8-20-11-15/h12,16,19H,2-11H2,1H3/t12-,15+/m1/s1. The number of piperidine rings is 1. The van der Waals surface area contributed by atoms with Crippen LogP contribution >= 0.6 is 0 Å². The van der Waals surface area contributed by atoms with Crippen molar-refractivity contribution in [2.24, 2.45) is 11.3 Å². The summed E-state index contributed by atoms with van der Waals surface area (Å²) in [6.07, 6.45) is 3.15. The molecule has 114 valence electrons. The summed E-state index contributed by atoms with van der Waals surface area (Å²) < 4.78 is 5.62. The number of nitrogens with one attached hydrogen (secondary N) is 1. The van der Waals surface area contributed by atoms with Crippen LogP contribution in [-0.2, 0) is 9.53 Å². The Kier molecular flexibility index (Phi) is 3.77. The molecule has 2 atom stereocenters. The van der Waals surface area contributed by atoms with E-state index in [0.29, 0.717) is 38.5 Å². The van der Waals surface area contributed by atoms with Crippen molar-refractivity contribution in [2.45, 2.75) is 38.2 Å². The molecule has 0 saturated carbocycles. The zero-order valence-electron chi connectivity index (χ0n) is 12.4. The van der Waals surface area contributed by atoms with Crippen LogP contribution in [0.25, 0.3) is 0 Å². The molecule has 3 heterocycles. The molecule has 3 rings (SSSR count). The first-order chi connectivity index (χ1) is 9.60. The lowest BCUT2D eigenvalue weighted by Crippen LogP contribution is -2.56. The van der Waals surface area contributed by atoms with Crippen LogP contribution in [0.3, 0.4) is 0 Å². The maximum atomic E-state index is 13.0. The lowest BCUT2D eigenvalue weighted by molar-refractivity contribution is -0.156. The Balaban J connectivity index is 1.70. The van der Waals surface area contributed by atoms with Gasteiger partial charge in [0.1, 0.15) is 0 Å². The zero-order chi connectivity index (χ0) is 14.2. The topological polar surface area (TPSA) is 61.8 Å². The number of nitrogens with zero attached hydrogens (tertiary/aromatic N) is 1. The lowest BCUT2D eigenvalue weighted by atomic mass is 9.74. The third kappa shape index (κ3) is 2.26. The van der Waals surface area contributed by atoms with Crippen molar-refractivity contribution in [1.29, 1.82) is 0 Å². The van der Waals surface area contributed by atoms with Crippen LogP contribution in [0.2, 0.25) is 0 Å². The Morgan fingerprint density at radius 3 is 2.90 bits per heavy atom. The van der Waals surface area contributed by atoms with Gasteiger partial charge in [0.15, 0.2) is 0 Å². The minimum absolute atomic E-state index is 0.241. The Morgan fingerprint density at radius 2 is 2.20 bits per heavy atom. The Morgan fingerprint density at radius 1 is 1.45 bits per heavy atom. The van der Waals surface area contributed by atoms with Crippen LogP contribution in [0.15, 0.2) is 0 Å². The van der Waals surface area contributed by atoms with E-state index in [9.17, 15) is 9.90 Å². The second-order valence-corrected chi connectivity index (χ2v) is 6.70. The highest BCUT2D eigenvalue weighted by atomic mass is 16.5. The number of aliphatic hydroxyl groups is 1. The number of likely N-dealkylation sites (tertiary alicyclic amines) is 1. The summed E-state index contributed by atoms with van der Waals surface area (Å²) in [6, 6.07) is 0. The number of hydrogen-bond donors (Lipinski definition) is 2. The number of carbonyl (C=O) groups excluding carboxylic acids is 1. The average molecular weight is 282 g/mol. The summed E-state index contributed by atoms with van der Waals surface area (Å²) in [5.41, 5.74) is -0.912. The summed E-state index contributed by atoms with van der Waals surface area (Å²) in [5, 5.41) is 13.7. The monoisotopic (exact) mass is 282 g/mol. The van der Waals surface area contributed by atoms with Crippen LogP contribution in [0.1, 0.15) is 32.6 Å². The van der Waals surface area contributed by atoms with E-state index >= 15 is 0 Å². The van der Waals surface area contributed by atoms with E-state index in [-0.39, 0.29) is 11.3 Å². The van der Waals surface area contributed by atoms with Crippen LogP contribution in [-0.4, -0.2) is 60.9 Å². The molecule has 2 N–H and O–H groups in total. The summed E-state index contributed by atoms with van der Waals surface area (Å²) in [5.74, 6) is 0.654. The van der Waals surface area contributed by atoms with Gasteiger partial charge in [0.05, 0.1) is 17.6 Å². The highest BCUT2D eigenvalue weighted by molar-refractivity contribution is 5.84. The first-order valence-electron chi connectivity index (χ1n) is 7.90. The van der Waals surface area contributed by atoms with Gasteiger partial charge in [-0.3, -0.25) is 4.79 Å². The zero-order valence-corrected chi connectivity index (χ0v) is 12.4. The average Bonchev–Trinajstić information content (AvgIpc) is 2.92. The molecular weight excluding hydrogens is 256 g/mol. The molecule has 3 aliphatic heterocycles. The largest absolute Gasteiger partial charge is 0.390 e. The number of carbonyl (C=O) groups is 1. The molecule has 3 fully saturated rings. The van der Waals surface area contributed by atoms with E-state index < -0.39 is 5.60 Å². The van der Waals surface area contributed by atoms with E-state index in [1.165, 1.54) is 0 Å². The van der Waals surface area contributed by atoms with Crippen LogP contribution < -0.4 is 5.32 Å². The van der Waals surface area contributed by atoms with Gasteiger partial charge in [-0.15, -0.1) is 0 Å². The Bertz CT molecular complexity index is 379.